The first-order valence-electron chi connectivity index (χ1n) is 9.01. The highest BCUT2D eigenvalue weighted by atomic mass is 19.1. The Kier molecular flexibility index (Phi) is 6.03. The number of nitrogens with one attached hydrogen (secondary N) is 1. The molecule has 0 spiro atoms. The van der Waals surface area contributed by atoms with Crippen molar-refractivity contribution in [3.8, 4) is 0 Å². The molecule has 0 radical (unpaired) electrons. The number of ether oxygens (including phenoxy) is 1. The molecule has 2 atom stereocenters. The molecule has 1 aliphatic rings. The van der Waals surface area contributed by atoms with Crippen LogP contribution in [0.5, 0.6) is 0 Å². The van der Waals surface area contributed by atoms with Gasteiger partial charge < -0.3 is 15.0 Å². The molecule has 28 heavy (non-hydrogen) atoms. The van der Waals surface area contributed by atoms with Crippen LogP contribution in [0.2, 0.25) is 0 Å². The lowest BCUT2D eigenvalue weighted by Gasteiger charge is -2.17. The Morgan fingerprint density at radius 1 is 1.18 bits per heavy atom. The molecule has 0 unspecified atom stereocenters. The van der Waals surface area contributed by atoms with E-state index in [-0.39, 0.29) is 30.6 Å². The molecular formula is C21H21FN2O4. The highest BCUT2D eigenvalue weighted by Gasteiger charge is 2.37. The van der Waals surface area contributed by atoms with Crippen molar-refractivity contribution in [1.82, 2.24) is 5.32 Å². The van der Waals surface area contributed by atoms with Gasteiger partial charge in [0.25, 0.3) is 5.91 Å². The van der Waals surface area contributed by atoms with Crippen molar-refractivity contribution in [2.45, 2.75) is 19.4 Å². The summed E-state index contributed by atoms with van der Waals surface area (Å²) < 4.78 is 19.0. The third kappa shape index (κ3) is 4.54. The Morgan fingerprint density at radius 3 is 2.57 bits per heavy atom. The Hall–Kier alpha value is -3.22. The molecule has 1 saturated heterocycles. The zero-order valence-corrected chi connectivity index (χ0v) is 15.4. The number of para-hydroxylation sites is 1. The monoisotopic (exact) mass is 384 g/mol. The lowest BCUT2D eigenvalue weighted by molar-refractivity contribution is -0.152. The van der Waals surface area contributed by atoms with Crippen LogP contribution < -0.4 is 10.2 Å². The Morgan fingerprint density at radius 2 is 1.86 bits per heavy atom. The summed E-state index contributed by atoms with van der Waals surface area (Å²) in [6, 6.07) is 15.1. The molecule has 1 aliphatic heterocycles. The summed E-state index contributed by atoms with van der Waals surface area (Å²) in [5, 5.41) is 2.75. The van der Waals surface area contributed by atoms with E-state index in [0.29, 0.717) is 0 Å². The highest BCUT2D eigenvalue weighted by Crippen LogP contribution is 2.27. The number of esters is 1. The van der Waals surface area contributed by atoms with Crippen molar-refractivity contribution in [2.75, 3.05) is 18.1 Å². The second kappa shape index (κ2) is 8.65. The van der Waals surface area contributed by atoms with Gasteiger partial charge >= 0.3 is 5.97 Å². The van der Waals surface area contributed by atoms with Crippen molar-refractivity contribution >= 4 is 23.5 Å². The maximum absolute atomic E-state index is 13.9. The number of amides is 2. The summed E-state index contributed by atoms with van der Waals surface area (Å²) in [7, 11) is 0. The van der Waals surface area contributed by atoms with Crippen LogP contribution in [0.15, 0.2) is 54.6 Å². The fourth-order valence-corrected chi connectivity index (χ4v) is 3.13. The molecule has 146 valence electrons. The van der Waals surface area contributed by atoms with Gasteiger partial charge in [0.1, 0.15) is 5.82 Å². The normalized spacial score (nSPS) is 17.3. The minimum absolute atomic E-state index is 0.0284. The quantitative estimate of drug-likeness (QED) is 0.777. The Balaban J connectivity index is 1.51. The molecule has 0 bridgehead atoms. The molecule has 2 aromatic carbocycles. The third-order valence-corrected chi connectivity index (χ3v) is 4.62. The summed E-state index contributed by atoms with van der Waals surface area (Å²) in [5.41, 5.74) is 1.07. The van der Waals surface area contributed by atoms with E-state index >= 15 is 0 Å². The number of carbonyl (C=O) groups excluding carboxylic acids is 3. The molecule has 1 fully saturated rings. The summed E-state index contributed by atoms with van der Waals surface area (Å²) in [6.45, 7) is 1.43. The second-order valence-electron chi connectivity index (χ2n) is 6.66. The lowest BCUT2D eigenvalue weighted by Crippen LogP contribution is -2.33. The van der Waals surface area contributed by atoms with Crippen molar-refractivity contribution < 1.29 is 23.5 Å². The number of carbonyl (C=O) groups is 3. The van der Waals surface area contributed by atoms with Gasteiger partial charge in [-0.3, -0.25) is 14.4 Å². The predicted octanol–water partition coefficient (Wildman–Crippen LogP) is 2.60. The molecular weight excluding hydrogens is 363 g/mol. The van der Waals surface area contributed by atoms with Crippen LogP contribution in [0.25, 0.3) is 0 Å². The smallest absolute Gasteiger partial charge is 0.311 e. The first-order chi connectivity index (χ1) is 13.5. The van der Waals surface area contributed by atoms with Gasteiger partial charge in [-0.1, -0.05) is 42.5 Å². The standard InChI is InChI=1S/C21H21FN2O4/c1-14(15-7-3-2-4-8-15)23-19(25)13-28-21(27)16-11-20(26)24(12-16)18-10-6-5-9-17(18)22/h2-10,14,16H,11-13H2,1H3,(H,23,25)/t14-,16-/m1/s1. The summed E-state index contributed by atoms with van der Waals surface area (Å²) in [6.07, 6.45) is -0.0742. The fraction of sp³-hybridized carbons (Fsp3) is 0.286. The topological polar surface area (TPSA) is 75.7 Å². The average molecular weight is 384 g/mol. The van der Waals surface area contributed by atoms with Crippen LogP contribution in [0.4, 0.5) is 10.1 Å². The largest absolute Gasteiger partial charge is 0.455 e. The van der Waals surface area contributed by atoms with Gasteiger partial charge in [-0.2, -0.15) is 0 Å². The summed E-state index contributed by atoms with van der Waals surface area (Å²) in [5.74, 6) is -2.69. The first-order valence-corrected chi connectivity index (χ1v) is 9.01. The minimum atomic E-state index is -0.730. The van der Waals surface area contributed by atoms with E-state index in [2.05, 4.69) is 5.32 Å². The van der Waals surface area contributed by atoms with Gasteiger partial charge in [-0.05, 0) is 24.6 Å². The number of hydrogen-bond acceptors (Lipinski definition) is 4. The molecule has 0 aromatic heterocycles. The van der Waals surface area contributed by atoms with Crippen LogP contribution in [-0.2, 0) is 19.1 Å². The maximum atomic E-state index is 13.9. The van der Waals surface area contributed by atoms with E-state index < -0.39 is 30.2 Å². The van der Waals surface area contributed by atoms with E-state index in [1.165, 1.54) is 23.1 Å². The maximum Gasteiger partial charge on any atom is 0.311 e. The van der Waals surface area contributed by atoms with Gasteiger partial charge in [-0.25, -0.2) is 4.39 Å². The van der Waals surface area contributed by atoms with Gasteiger partial charge in [0, 0.05) is 13.0 Å². The van der Waals surface area contributed by atoms with E-state index in [1.54, 1.807) is 6.07 Å². The van der Waals surface area contributed by atoms with Crippen molar-refractivity contribution in [3.63, 3.8) is 0 Å². The van der Waals surface area contributed by atoms with Crippen LogP contribution in [-0.4, -0.2) is 30.9 Å². The van der Waals surface area contributed by atoms with Crippen molar-refractivity contribution in [1.29, 1.82) is 0 Å². The van der Waals surface area contributed by atoms with Crippen LogP contribution in [0.3, 0.4) is 0 Å². The zero-order chi connectivity index (χ0) is 20.1. The number of benzene rings is 2. The Bertz CT molecular complexity index is 872. The molecule has 0 saturated carbocycles. The van der Waals surface area contributed by atoms with Gasteiger partial charge in [-0.15, -0.1) is 0 Å². The molecule has 0 aliphatic carbocycles. The van der Waals surface area contributed by atoms with E-state index in [0.717, 1.165) is 5.56 Å². The minimum Gasteiger partial charge on any atom is -0.455 e. The molecule has 1 heterocycles. The van der Waals surface area contributed by atoms with E-state index in [9.17, 15) is 18.8 Å². The average Bonchev–Trinajstić information content (AvgIpc) is 3.08. The van der Waals surface area contributed by atoms with Gasteiger partial charge in [0.2, 0.25) is 5.91 Å². The van der Waals surface area contributed by atoms with E-state index in [1.807, 2.05) is 37.3 Å². The number of hydrogen-bond donors (Lipinski definition) is 1. The zero-order valence-electron chi connectivity index (χ0n) is 15.4. The van der Waals surface area contributed by atoms with Gasteiger partial charge in [0.15, 0.2) is 6.61 Å². The van der Waals surface area contributed by atoms with Crippen LogP contribution >= 0.6 is 0 Å². The van der Waals surface area contributed by atoms with Crippen molar-refractivity contribution in [3.05, 3.63) is 66.0 Å². The van der Waals surface area contributed by atoms with E-state index in [4.69, 9.17) is 4.74 Å². The Labute approximate surface area is 162 Å². The molecule has 2 amide bonds. The van der Waals surface area contributed by atoms with Crippen LogP contribution in [0, 0.1) is 11.7 Å². The SMILES string of the molecule is C[C@@H](NC(=O)COC(=O)[C@@H]1CC(=O)N(c2ccccc2F)C1)c1ccccc1. The third-order valence-electron chi connectivity index (χ3n) is 4.62. The number of nitrogens with zero attached hydrogens (tertiary/aromatic N) is 1. The summed E-state index contributed by atoms with van der Waals surface area (Å²) in [4.78, 5) is 37.7. The van der Waals surface area contributed by atoms with Crippen LogP contribution in [0.1, 0.15) is 24.9 Å². The molecule has 6 nitrogen and oxygen atoms in total. The predicted molar refractivity (Wildman–Crippen MR) is 101 cm³/mol. The van der Waals surface area contributed by atoms with Gasteiger partial charge in [0.05, 0.1) is 17.6 Å². The molecule has 2 aromatic rings. The molecule has 7 heteroatoms. The van der Waals surface area contributed by atoms with Crippen molar-refractivity contribution in [2.24, 2.45) is 5.92 Å². The number of anilines is 1. The second-order valence-corrected chi connectivity index (χ2v) is 6.66. The number of halogens is 1. The summed E-state index contributed by atoms with van der Waals surface area (Å²) >= 11 is 0. The number of rotatable bonds is 6. The highest BCUT2D eigenvalue weighted by molar-refractivity contribution is 5.99. The fourth-order valence-electron chi connectivity index (χ4n) is 3.13. The molecule has 3 rings (SSSR count). The lowest BCUT2D eigenvalue weighted by atomic mass is 10.1. The molecule has 1 N–H and O–H groups in total. The first kappa shape index (κ1) is 19.5.